The number of carbonyl (C=O) groups is 1. The Hall–Kier alpha value is -1.35. The molecular formula is C12H15NO2. The maximum Gasteiger partial charge on any atom is 0.311 e. The minimum Gasteiger partial charge on any atom is -0.481 e. The second kappa shape index (κ2) is 4.03. The summed E-state index contributed by atoms with van der Waals surface area (Å²) in [7, 11) is 0. The van der Waals surface area contributed by atoms with Crippen LogP contribution in [0.15, 0.2) is 30.3 Å². The fourth-order valence-corrected chi connectivity index (χ4v) is 2.14. The molecule has 1 saturated heterocycles. The molecule has 3 heteroatoms. The number of carboxylic acid groups (broad SMARTS) is 1. The Kier molecular flexibility index (Phi) is 2.73. The van der Waals surface area contributed by atoms with Gasteiger partial charge in [-0.15, -0.1) is 0 Å². The fourth-order valence-electron chi connectivity index (χ4n) is 2.14. The van der Waals surface area contributed by atoms with E-state index in [1.54, 1.807) is 0 Å². The minimum absolute atomic E-state index is 0.581. The van der Waals surface area contributed by atoms with Crippen molar-refractivity contribution in [2.24, 2.45) is 5.41 Å². The van der Waals surface area contributed by atoms with Gasteiger partial charge in [-0.2, -0.15) is 0 Å². The van der Waals surface area contributed by atoms with Crippen LogP contribution in [0.5, 0.6) is 0 Å². The normalized spacial score (nSPS) is 25.3. The second-order valence-corrected chi connectivity index (χ2v) is 4.17. The molecule has 1 fully saturated rings. The molecular weight excluding hydrogens is 190 g/mol. The third-order valence-electron chi connectivity index (χ3n) is 3.08. The monoisotopic (exact) mass is 205 g/mol. The topological polar surface area (TPSA) is 49.3 Å². The Bertz CT molecular complexity index is 342. The highest BCUT2D eigenvalue weighted by atomic mass is 16.4. The number of hydrogen-bond acceptors (Lipinski definition) is 2. The molecule has 2 rings (SSSR count). The lowest BCUT2D eigenvalue weighted by molar-refractivity contribution is -0.147. The Morgan fingerprint density at radius 3 is 2.67 bits per heavy atom. The van der Waals surface area contributed by atoms with E-state index in [0.717, 1.165) is 18.5 Å². The quantitative estimate of drug-likeness (QED) is 0.781. The van der Waals surface area contributed by atoms with E-state index in [-0.39, 0.29) is 0 Å². The summed E-state index contributed by atoms with van der Waals surface area (Å²) in [4.78, 5) is 11.3. The number of hydrogen-bond donors (Lipinski definition) is 2. The summed E-state index contributed by atoms with van der Waals surface area (Å²) < 4.78 is 0. The van der Waals surface area contributed by atoms with Crippen molar-refractivity contribution >= 4 is 5.97 Å². The van der Waals surface area contributed by atoms with Crippen LogP contribution in [0.3, 0.4) is 0 Å². The molecule has 0 radical (unpaired) electrons. The van der Waals surface area contributed by atoms with Crippen molar-refractivity contribution < 1.29 is 9.90 Å². The maximum absolute atomic E-state index is 11.3. The van der Waals surface area contributed by atoms with Crippen LogP contribution in [0.1, 0.15) is 12.0 Å². The Labute approximate surface area is 89.1 Å². The molecule has 80 valence electrons. The Morgan fingerprint density at radius 1 is 1.40 bits per heavy atom. The van der Waals surface area contributed by atoms with E-state index in [0.29, 0.717) is 13.0 Å². The highest BCUT2D eigenvalue weighted by molar-refractivity contribution is 5.76. The summed E-state index contributed by atoms with van der Waals surface area (Å²) in [6.07, 6.45) is 1.34. The van der Waals surface area contributed by atoms with Crippen molar-refractivity contribution in [1.82, 2.24) is 5.32 Å². The first kappa shape index (κ1) is 10.2. The van der Waals surface area contributed by atoms with Crippen LogP contribution >= 0.6 is 0 Å². The largest absolute Gasteiger partial charge is 0.481 e. The lowest BCUT2D eigenvalue weighted by Gasteiger charge is -2.22. The van der Waals surface area contributed by atoms with Crippen molar-refractivity contribution in [2.45, 2.75) is 12.8 Å². The molecule has 1 aliphatic heterocycles. The molecule has 1 atom stereocenters. The van der Waals surface area contributed by atoms with E-state index in [2.05, 4.69) is 5.32 Å². The van der Waals surface area contributed by atoms with Gasteiger partial charge in [0, 0.05) is 6.54 Å². The van der Waals surface area contributed by atoms with Gasteiger partial charge in [0.1, 0.15) is 0 Å². The number of benzene rings is 1. The molecule has 0 bridgehead atoms. The first-order valence-corrected chi connectivity index (χ1v) is 5.21. The smallest absolute Gasteiger partial charge is 0.311 e. The molecule has 2 N–H and O–H groups in total. The molecule has 15 heavy (non-hydrogen) atoms. The summed E-state index contributed by atoms with van der Waals surface area (Å²) in [5.74, 6) is -0.684. The van der Waals surface area contributed by atoms with Gasteiger partial charge in [-0.1, -0.05) is 30.3 Å². The molecule has 3 nitrogen and oxygen atoms in total. The van der Waals surface area contributed by atoms with Crippen molar-refractivity contribution in [3.05, 3.63) is 35.9 Å². The van der Waals surface area contributed by atoms with Gasteiger partial charge in [0.15, 0.2) is 0 Å². The molecule has 1 unspecified atom stereocenters. The molecule has 1 aromatic carbocycles. The van der Waals surface area contributed by atoms with Crippen LogP contribution in [-0.2, 0) is 11.2 Å². The van der Waals surface area contributed by atoms with Gasteiger partial charge in [0.05, 0.1) is 5.41 Å². The summed E-state index contributed by atoms with van der Waals surface area (Å²) in [5, 5.41) is 12.4. The van der Waals surface area contributed by atoms with Crippen LogP contribution in [0.25, 0.3) is 0 Å². The molecule has 0 amide bonds. The Balaban J connectivity index is 2.18. The number of nitrogens with one attached hydrogen (secondary N) is 1. The van der Waals surface area contributed by atoms with Gasteiger partial charge in [-0.25, -0.2) is 0 Å². The van der Waals surface area contributed by atoms with Crippen LogP contribution in [0.2, 0.25) is 0 Å². The molecule has 0 aromatic heterocycles. The van der Waals surface area contributed by atoms with E-state index in [4.69, 9.17) is 0 Å². The summed E-state index contributed by atoms with van der Waals surface area (Å²) in [6.45, 7) is 1.39. The van der Waals surface area contributed by atoms with E-state index < -0.39 is 11.4 Å². The average molecular weight is 205 g/mol. The number of rotatable bonds is 3. The highest BCUT2D eigenvalue weighted by Gasteiger charge is 2.41. The zero-order valence-electron chi connectivity index (χ0n) is 8.57. The van der Waals surface area contributed by atoms with Crippen LogP contribution in [0, 0.1) is 5.41 Å². The van der Waals surface area contributed by atoms with Gasteiger partial charge < -0.3 is 10.4 Å². The van der Waals surface area contributed by atoms with Crippen LogP contribution < -0.4 is 5.32 Å². The molecule has 1 aliphatic rings. The molecule has 1 heterocycles. The maximum atomic E-state index is 11.3. The van der Waals surface area contributed by atoms with Crippen molar-refractivity contribution in [1.29, 1.82) is 0 Å². The third kappa shape index (κ3) is 2.02. The summed E-state index contributed by atoms with van der Waals surface area (Å²) in [6, 6.07) is 9.83. The predicted octanol–water partition coefficient (Wildman–Crippen LogP) is 1.29. The third-order valence-corrected chi connectivity index (χ3v) is 3.08. The molecule has 0 aliphatic carbocycles. The first-order chi connectivity index (χ1) is 7.23. The van der Waals surface area contributed by atoms with Gasteiger partial charge in [-0.05, 0) is 24.9 Å². The van der Waals surface area contributed by atoms with Crippen molar-refractivity contribution in [2.75, 3.05) is 13.1 Å². The predicted molar refractivity (Wildman–Crippen MR) is 57.7 cm³/mol. The summed E-state index contributed by atoms with van der Waals surface area (Å²) in [5.41, 5.74) is 0.505. The van der Waals surface area contributed by atoms with E-state index in [1.165, 1.54) is 0 Å². The zero-order valence-corrected chi connectivity index (χ0v) is 8.57. The van der Waals surface area contributed by atoms with Crippen LogP contribution in [0.4, 0.5) is 0 Å². The van der Waals surface area contributed by atoms with Gasteiger partial charge in [0.25, 0.3) is 0 Å². The minimum atomic E-state index is -0.684. The van der Waals surface area contributed by atoms with Crippen molar-refractivity contribution in [3.63, 3.8) is 0 Å². The van der Waals surface area contributed by atoms with Gasteiger partial charge in [-0.3, -0.25) is 4.79 Å². The SMILES string of the molecule is O=C(O)C1(Cc2ccccc2)CCNC1. The fraction of sp³-hybridized carbons (Fsp3) is 0.417. The molecule has 1 aromatic rings. The van der Waals surface area contributed by atoms with E-state index >= 15 is 0 Å². The van der Waals surface area contributed by atoms with Gasteiger partial charge >= 0.3 is 5.97 Å². The number of aliphatic carboxylic acids is 1. The molecule has 0 saturated carbocycles. The zero-order chi connectivity index (χ0) is 10.7. The van der Waals surface area contributed by atoms with E-state index in [1.807, 2.05) is 30.3 Å². The lowest BCUT2D eigenvalue weighted by atomic mass is 9.81. The second-order valence-electron chi connectivity index (χ2n) is 4.17. The van der Waals surface area contributed by atoms with Crippen molar-refractivity contribution in [3.8, 4) is 0 Å². The Morgan fingerprint density at radius 2 is 2.13 bits per heavy atom. The van der Waals surface area contributed by atoms with E-state index in [9.17, 15) is 9.90 Å². The lowest BCUT2D eigenvalue weighted by Crippen LogP contribution is -2.35. The first-order valence-electron chi connectivity index (χ1n) is 5.21. The molecule has 0 spiro atoms. The standard InChI is InChI=1S/C12H15NO2/c14-11(15)12(6-7-13-9-12)8-10-4-2-1-3-5-10/h1-5,13H,6-9H2,(H,14,15). The van der Waals surface area contributed by atoms with Gasteiger partial charge in [0.2, 0.25) is 0 Å². The number of carboxylic acids is 1. The van der Waals surface area contributed by atoms with Crippen LogP contribution in [-0.4, -0.2) is 24.2 Å². The summed E-state index contributed by atoms with van der Waals surface area (Å²) >= 11 is 0. The highest BCUT2D eigenvalue weighted by Crippen LogP contribution is 2.30. The average Bonchev–Trinajstić information content (AvgIpc) is 2.69.